The van der Waals surface area contributed by atoms with Crippen LogP contribution in [0.5, 0.6) is 5.75 Å². The zero-order valence-corrected chi connectivity index (χ0v) is 11.9. The lowest BCUT2D eigenvalue weighted by Crippen LogP contribution is -2.24. The summed E-state index contributed by atoms with van der Waals surface area (Å²) in [4.78, 5) is 12.0. The first-order chi connectivity index (χ1) is 10.1. The minimum Gasteiger partial charge on any atom is -0.491 e. The molecular formula is C17H18N2O2. The maximum absolute atomic E-state index is 12.0. The highest BCUT2D eigenvalue weighted by Gasteiger charge is 2.19. The van der Waals surface area contributed by atoms with Gasteiger partial charge >= 0.3 is 0 Å². The molecule has 21 heavy (non-hydrogen) atoms. The molecule has 2 aromatic rings. The van der Waals surface area contributed by atoms with Crippen LogP contribution in [-0.4, -0.2) is 19.1 Å². The van der Waals surface area contributed by atoms with Crippen LogP contribution < -0.4 is 15.8 Å². The molecular weight excluding hydrogens is 264 g/mol. The monoisotopic (exact) mass is 282 g/mol. The van der Waals surface area contributed by atoms with Crippen molar-refractivity contribution in [1.29, 1.82) is 0 Å². The molecule has 0 spiro atoms. The summed E-state index contributed by atoms with van der Waals surface area (Å²) in [5.41, 5.74) is 9.98. The molecule has 1 amide bonds. The standard InChI is InChI=1S/C17H18N2O2/c1-11-3-2-4-12(9-11)16(18)13-5-6-15-14(10-13)17(20)19-7-8-21-15/h2-6,9-10,16H,7-8,18H2,1H3,(H,19,20). The number of rotatable bonds is 2. The third kappa shape index (κ3) is 2.76. The molecule has 0 fully saturated rings. The summed E-state index contributed by atoms with van der Waals surface area (Å²) < 4.78 is 5.55. The fourth-order valence-electron chi connectivity index (χ4n) is 2.52. The Bertz CT molecular complexity index is 682. The van der Waals surface area contributed by atoms with Crippen LogP contribution in [0.25, 0.3) is 0 Å². The molecule has 4 nitrogen and oxygen atoms in total. The first kappa shape index (κ1) is 13.6. The molecule has 3 N–H and O–H groups in total. The molecule has 108 valence electrons. The van der Waals surface area contributed by atoms with Gasteiger partial charge in [0.25, 0.3) is 5.91 Å². The fourth-order valence-corrected chi connectivity index (χ4v) is 2.52. The van der Waals surface area contributed by atoms with Gasteiger partial charge in [0.15, 0.2) is 0 Å². The van der Waals surface area contributed by atoms with Crippen molar-refractivity contribution >= 4 is 5.91 Å². The van der Waals surface area contributed by atoms with E-state index >= 15 is 0 Å². The van der Waals surface area contributed by atoms with Gasteiger partial charge in [-0.1, -0.05) is 35.9 Å². The van der Waals surface area contributed by atoms with E-state index in [1.807, 2.05) is 43.3 Å². The minimum atomic E-state index is -0.258. The van der Waals surface area contributed by atoms with Crippen molar-refractivity contribution in [3.05, 3.63) is 64.7 Å². The maximum atomic E-state index is 12.0. The minimum absolute atomic E-state index is 0.110. The zero-order chi connectivity index (χ0) is 14.8. The summed E-state index contributed by atoms with van der Waals surface area (Å²) in [6.45, 7) is 3.04. The number of ether oxygens (including phenoxy) is 1. The first-order valence-electron chi connectivity index (χ1n) is 7.02. The summed E-state index contributed by atoms with van der Waals surface area (Å²) >= 11 is 0. The molecule has 4 heteroatoms. The lowest BCUT2D eigenvalue weighted by molar-refractivity contribution is 0.0957. The van der Waals surface area contributed by atoms with Crippen molar-refractivity contribution in [2.45, 2.75) is 13.0 Å². The van der Waals surface area contributed by atoms with Gasteiger partial charge in [-0.2, -0.15) is 0 Å². The van der Waals surface area contributed by atoms with E-state index in [0.717, 1.165) is 11.1 Å². The highest BCUT2D eigenvalue weighted by atomic mass is 16.5. The number of aryl methyl sites for hydroxylation is 1. The van der Waals surface area contributed by atoms with E-state index in [1.54, 1.807) is 0 Å². The van der Waals surface area contributed by atoms with Gasteiger partial charge in [0, 0.05) is 0 Å². The predicted molar refractivity (Wildman–Crippen MR) is 81.5 cm³/mol. The molecule has 0 saturated carbocycles. The van der Waals surface area contributed by atoms with Crippen LogP contribution in [0.15, 0.2) is 42.5 Å². The first-order valence-corrected chi connectivity index (χ1v) is 7.02. The molecule has 1 aliphatic heterocycles. The topological polar surface area (TPSA) is 64.4 Å². The Balaban J connectivity index is 1.98. The van der Waals surface area contributed by atoms with Gasteiger partial charge in [0.1, 0.15) is 12.4 Å². The molecule has 1 unspecified atom stereocenters. The van der Waals surface area contributed by atoms with Crippen molar-refractivity contribution in [3.63, 3.8) is 0 Å². The number of benzene rings is 2. The van der Waals surface area contributed by atoms with Crippen molar-refractivity contribution in [1.82, 2.24) is 5.32 Å². The third-order valence-corrected chi connectivity index (χ3v) is 3.65. The van der Waals surface area contributed by atoms with E-state index in [1.165, 1.54) is 5.56 Å². The van der Waals surface area contributed by atoms with E-state index in [9.17, 15) is 4.79 Å². The van der Waals surface area contributed by atoms with E-state index in [-0.39, 0.29) is 11.9 Å². The van der Waals surface area contributed by atoms with Crippen LogP contribution in [0, 0.1) is 6.92 Å². The number of carbonyl (C=O) groups excluding carboxylic acids is 1. The molecule has 0 aliphatic carbocycles. The number of nitrogens with one attached hydrogen (secondary N) is 1. The van der Waals surface area contributed by atoms with E-state index in [2.05, 4.69) is 11.4 Å². The van der Waals surface area contributed by atoms with Crippen LogP contribution in [-0.2, 0) is 0 Å². The van der Waals surface area contributed by atoms with Gasteiger partial charge in [0.05, 0.1) is 18.2 Å². The van der Waals surface area contributed by atoms with Gasteiger partial charge in [-0.3, -0.25) is 4.79 Å². The number of nitrogens with two attached hydrogens (primary N) is 1. The summed E-state index contributed by atoms with van der Waals surface area (Å²) in [6.07, 6.45) is 0. The molecule has 1 heterocycles. The summed E-state index contributed by atoms with van der Waals surface area (Å²) in [5.74, 6) is 0.506. The summed E-state index contributed by atoms with van der Waals surface area (Å²) in [6, 6.07) is 13.4. The van der Waals surface area contributed by atoms with Crippen molar-refractivity contribution < 1.29 is 9.53 Å². The summed E-state index contributed by atoms with van der Waals surface area (Å²) in [7, 11) is 0. The smallest absolute Gasteiger partial charge is 0.255 e. The van der Waals surface area contributed by atoms with Gasteiger partial charge < -0.3 is 15.8 Å². The Morgan fingerprint density at radius 2 is 2.00 bits per heavy atom. The van der Waals surface area contributed by atoms with E-state index in [4.69, 9.17) is 10.5 Å². The number of carbonyl (C=O) groups is 1. The van der Waals surface area contributed by atoms with Crippen LogP contribution in [0.4, 0.5) is 0 Å². The normalized spacial score (nSPS) is 15.4. The highest BCUT2D eigenvalue weighted by molar-refractivity contribution is 5.97. The molecule has 0 radical (unpaired) electrons. The highest BCUT2D eigenvalue weighted by Crippen LogP contribution is 2.27. The molecule has 3 rings (SSSR count). The number of hydrogen-bond donors (Lipinski definition) is 2. The number of fused-ring (bicyclic) bond motifs is 1. The largest absolute Gasteiger partial charge is 0.491 e. The average Bonchev–Trinajstić information content (AvgIpc) is 2.68. The molecule has 2 aromatic carbocycles. The second-order valence-corrected chi connectivity index (χ2v) is 5.25. The van der Waals surface area contributed by atoms with Crippen molar-refractivity contribution in [2.75, 3.05) is 13.2 Å². The molecule has 1 atom stereocenters. The second-order valence-electron chi connectivity index (χ2n) is 5.25. The number of hydrogen-bond acceptors (Lipinski definition) is 3. The Kier molecular flexibility index (Phi) is 3.62. The van der Waals surface area contributed by atoms with Crippen molar-refractivity contribution in [3.8, 4) is 5.75 Å². The SMILES string of the molecule is Cc1cccc(C(N)c2ccc3c(c2)C(=O)NCCO3)c1. The lowest BCUT2D eigenvalue weighted by atomic mass is 9.96. The van der Waals surface area contributed by atoms with E-state index < -0.39 is 0 Å². The molecule has 1 aliphatic rings. The van der Waals surface area contributed by atoms with E-state index in [0.29, 0.717) is 24.5 Å². The predicted octanol–water partition coefficient (Wildman–Crippen LogP) is 2.17. The average molecular weight is 282 g/mol. The Morgan fingerprint density at radius 3 is 2.81 bits per heavy atom. The van der Waals surface area contributed by atoms with Crippen LogP contribution in [0.2, 0.25) is 0 Å². The van der Waals surface area contributed by atoms with Crippen molar-refractivity contribution in [2.24, 2.45) is 5.73 Å². The van der Waals surface area contributed by atoms with Crippen LogP contribution in [0.1, 0.15) is 33.1 Å². The Labute approximate surface area is 123 Å². The zero-order valence-electron chi connectivity index (χ0n) is 11.9. The molecule has 0 bridgehead atoms. The number of amides is 1. The second kappa shape index (κ2) is 5.58. The van der Waals surface area contributed by atoms with Gasteiger partial charge in [-0.25, -0.2) is 0 Å². The summed E-state index contributed by atoms with van der Waals surface area (Å²) in [5, 5.41) is 2.81. The molecule has 0 aromatic heterocycles. The lowest BCUT2D eigenvalue weighted by Gasteiger charge is -2.15. The third-order valence-electron chi connectivity index (χ3n) is 3.65. The van der Waals surface area contributed by atoms with Crippen LogP contribution in [0.3, 0.4) is 0 Å². The Morgan fingerprint density at radius 1 is 1.19 bits per heavy atom. The van der Waals surface area contributed by atoms with Gasteiger partial charge in [0.2, 0.25) is 0 Å². The fraction of sp³-hybridized carbons (Fsp3) is 0.235. The quantitative estimate of drug-likeness (QED) is 0.887. The van der Waals surface area contributed by atoms with Gasteiger partial charge in [-0.05, 0) is 30.2 Å². The van der Waals surface area contributed by atoms with Crippen LogP contribution >= 0.6 is 0 Å². The van der Waals surface area contributed by atoms with Gasteiger partial charge in [-0.15, -0.1) is 0 Å². The Hall–Kier alpha value is -2.33. The maximum Gasteiger partial charge on any atom is 0.255 e. The molecule has 0 saturated heterocycles.